The molecule has 5 nitrogen and oxygen atoms in total. The van der Waals surface area contributed by atoms with Crippen LogP contribution in [-0.2, 0) is 13.1 Å². The van der Waals surface area contributed by atoms with Gasteiger partial charge in [0.2, 0.25) is 0 Å². The van der Waals surface area contributed by atoms with Crippen LogP contribution in [0.15, 0.2) is 42.7 Å². The van der Waals surface area contributed by atoms with Crippen molar-refractivity contribution in [2.75, 3.05) is 6.54 Å². The molecule has 0 unspecified atom stereocenters. The third kappa shape index (κ3) is 3.84. The Kier molecular flexibility index (Phi) is 4.55. The fourth-order valence-corrected chi connectivity index (χ4v) is 1.85. The average Bonchev–Trinajstić information content (AvgIpc) is 2.91. The smallest absolute Gasteiger partial charge is 0.315 e. The Morgan fingerprint density at radius 1 is 1.21 bits per heavy atom. The van der Waals surface area contributed by atoms with Gasteiger partial charge in [-0.15, -0.1) is 0 Å². The fourth-order valence-electron chi connectivity index (χ4n) is 1.85. The van der Waals surface area contributed by atoms with E-state index in [1.54, 1.807) is 6.20 Å². The van der Waals surface area contributed by atoms with E-state index in [4.69, 9.17) is 0 Å². The van der Waals surface area contributed by atoms with E-state index in [9.17, 15) is 4.79 Å². The molecule has 0 bridgehead atoms. The maximum Gasteiger partial charge on any atom is 0.315 e. The van der Waals surface area contributed by atoms with E-state index in [0.29, 0.717) is 19.6 Å². The minimum absolute atomic E-state index is 0.142. The molecule has 1 aromatic heterocycles. The molecule has 5 heteroatoms. The molecular weight excluding hydrogens is 240 g/mol. The number of urea groups is 1. The van der Waals surface area contributed by atoms with Crippen LogP contribution >= 0.6 is 0 Å². The molecule has 2 aromatic rings. The van der Waals surface area contributed by atoms with Crippen LogP contribution < -0.4 is 10.6 Å². The first-order valence-electron chi connectivity index (χ1n) is 6.35. The second-order valence-corrected chi connectivity index (χ2v) is 4.19. The summed E-state index contributed by atoms with van der Waals surface area (Å²) < 4.78 is 1.87. The minimum atomic E-state index is -0.142. The summed E-state index contributed by atoms with van der Waals surface area (Å²) >= 11 is 0. The maximum atomic E-state index is 11.4. The monoisotopic (exact) mass is 258 g/mol. The van der Waals surface area contributed by atoms with Crippen LogP contribution in [0.3, 0.4) is 0 Å². The molecule has 0 saturated heterocycles. The molecule has 2 amide bonds. The van der Waals surface area contributed by atoms with Crippen LogP contribution in [0.2, 0.25) is 0 Å². The fraction of sp³-hybridized carbons (Fsp3) is 0.286. The Morgan fingerprint density at radius 3 is 2.68 bits per heavy atom. The topological polar surface area (TPSA) is 59.0 Å². The van der Waals surface area contributed by atoms with Crippen molar-refractivity contribution >= 4 is 6.03 Å². The van der Waals surface area contributed by atoms with Crippen LogP contribution in [-0.4, -0.2) is 22.4 Å². The zero-order valence-corrected chi connectivity index (χ0v) is 11.0. The Bertz CT molecular complexity index is 522. The third-order valence-corrected chi connectivity index (χ3v) is 2.79. The van der Waals surface area contributed by atoms with Gasteiger partial charge in [0.25, 0.3) is 0 Å². The highest BCUT2D eigenvalue weighted by Crippen LogP contribution is 2.10. The number of carbonyl (C=O) groups excluding carboxylic acids is 1. The van der Waals surface area contributed by atoms with E-state index in [1.165, 1.54) is 0 Å². The van der Waals surface area contributed by atoms with Gasteiger partial charge in [-0.3, -0.25) is 4.68 Å². The number of nitrogens with zero attached hydrogens (tertiary/aromatic N) is 2. The molecule has 2 rings (SSSR count). The van der Waals surface area contributed by atoms with Gasteiger partial charge in [-0.25, -0.2) is 4.79 Å². The summed E-state index contributed by atoms with van der Waals surface area (Å²) in [5.41, 5.74) is 2.26. The summed E-state index contributed by atoms with van der Waals surface area (Å²) in [7, 11) is 0. The van der Waals surface area contributed by atoms with Crippen molar-refractivity contribution in [2.24, 2.45) is 0 Å². The lowest BCUT2D eigenvalue weighted by Gasteiger charge is -2.11. The van der Waals surface area contributed by atoms with Gasteiger partial charge < -0.3 is 10.6 Å². The SMILES string of the molecule is CCNC(=O)NCc1ccccc1Cn1cccn1. The van der Waals surface area contributed by atoms with Crippen LogP contribution in [0.1, 0.15) is 18.1 Å². The summed E-state index contributed by atoms with van der Waals surface area (Å²) in [6.07, 6.45) is 3.68. The predicted molar refractivity (Wildman–Crippen MR) is 73.7 cm³/mol. The van der Waals surface area contributed by atoms with E-state index >= 15 is 0 Å². The lowest BCUT2D eigenvalue weighted by molar-refractivity contribution is 0.241. The van der Waals surface area contributed by atoms with Crippen molar-refractivity contribution in [3.8, 4) is 0 Å². The molecular formula is C14H18N4O. The number of rotatable bonds is 5. The molecule has 0 aliphatic heterocycles. The molecule has 0 radical (unpaired) electrons. The second kappa shape index (κ2) is 6.58. The zero-order chi connectivity index (χ0) is 13.5. The number of hydrogen-bond acceptors (Lipinski definition) is 2. The van der Waals surface area contributed by atoms with E-state index in [2.05, 4.69) is 21.8 Å². The highest BCUT2D eigenvalue weighted by atomic mass is 16.2. The minimum Gasteiger partial charge on any atom is -0.338 e. The number of hydrogen-bond donors (Lipinski definition) is 2. The zero-order valence-electron chi connectivity index (χ0n) is 11.0. The summed E-state index contributed by atoms with van der Waals surface area (Å²) in [6, 6.07) is 9.80. The average molecular weight is 258 g/mol. The normalized spacial score (nSPS) is 10.2. The first-order valence-corrected chi connectivity index (χ1v) is 6.35. The first-order chi connectivity index (χ1) is 9.29. The van der Waals surface area contributed by atoms with Crippen LogP contribution in [0.5, 0.6) is 0 Å². The van der Waals surface area contributed by atoms with E-state index < -0.39 is 0 Å². The van der Waals surface area contributed by atoms with Crippen LogP contribution in [0.4, 0.5) is 4.79 Å². The molecule has 19 heavy (non-hydrogen) atoms. The summed E-state index contributed by atoms with van der Waals surface area (Å²) in [6.45, 7) is 3.75. The Hall–Kier alpha value is -2.30. The van der Waals surface area contributed by atoms with E-state index in [0.717, 1.165) is 11.1 Å². The van der Waals surface area contributed by atoms with Crippen molar-refractivity contribution < 1.29 is 4.79 Å². The standard InChI is InChI=1S/C14H18N4O/c1-2-15-14(19)16-10-12-6-3-4-7-13(12)11-18-9-5-8-17-18/h3-9H,2,10-11H2,1H3,(H2,15,16,19). The number of amides is 2. The Morgan fingerprint density at radius 2 is 2.00 bits per heavy atom. The van der Waals surface area contributed by atoms with Gasteiger partial charge in [0.05, 0.1) is 6.54 Å². The van der Waals surface area contributed by atoms with Crippen LogP contribution in [0.25, 0.3) is 0 Å². The van der Waals surface area contributed by atoms with E-state index in [1.807, 2.05) is 42.1 Å². The lowest BCUT2D eigenvalue weighted by Crippen LogP contribution is -2.34. The Labute approximate surface area is 112 Å². The summed E-state index contributed by atoms with van der Waals surface area (Å²) in [5, 5.41) is 9.75. The van der Waals surface area contributed by atoms with Gasteiger partial charge in [0.15, 0.2) is 0 Å². The molecule has 100 valence electrons. The predicted octanol–water partition coefficient (Wildman–Crippen LogP) is 1.75. The second-order valence-electron chi connectivity index (χ2n) is 4.19. The van der Waals surface area contributed by atoms with Gasteiger partial charge in [-0.05, 0) is 24.1 Å². The molecule has 0 aliphatic rings. The molecule has 0 fully saturated rings. The Balaban J connectivity index is 2.02. The highest BCUT2D eigenvalue weighted by Gasteiger charge is 2.04. The van der Waals surface area contributed by atoms with Gasteiger partial charge in [0.1, 0.15) is 0 Å². The molecule has 0 aliphatic carbocycles. The van der Waals surface area contributed by atoms with Crippen molar-refractivity contribution in [3.05, 3.63) is 53.9 Å². The molecule has 1 heterocycles. The number of nitrogens with one attached hydrogen (secondary N) is 2. The van der Waals surface area contributed by atoms with Gasteiger partial charge in [-0.2, -0.15) is 5.10 Å². The molecule has 1 aromatic carbocycles. The van der Waals surface area contributed by atoms with Crippen molar-refractivity contribution in [3.63, 3.8) is 0 Å². The summed E-state index contributed by atoms with van der Waals surface area (Å²) in [5.74, 6) is 0. The largest absolute Gasteiger partial charge is 0.338 e. The van der Waals surface area contributed by atoms with Crippen molar-refractivity contribution in [2.45, 2.75) is 20.0 Å². The molecule has 2 N–H and O–H groups in total. The molecule has 0 saturated carbocycles. The first kappa shape index (κ1) is 13.1. The number of benzene rings is 1. The van der Waals surface area contributed by atoms with Gasteiger partial charge in [0, 0.05) is 25.5 Å². The van der Waals surface area contributed by atoms with Gasteiger partial charge in [-0.1, -0.05) is 24.3 Å². The quantitative estimate of drug-likeness (QED) is 0.858. The van der Waals surface area contributed by atoms with Crippen molar-refractivity contribution in [1.82, 2.24) is 20.4 Å². The highest BCUT2D eigenvalue weighted by molar-refractivity contribution is 5.73. The lowest BCUT2D eigenvalue weighted by atomic mass is 10.1. The maximum absolute atomic E-state index is 11.4. The van der Waals surface area contributed by atoms with Gasteiger partial charge >= 0.3 is 6.03 Å². The number of aromatic nitrogens is 2. The third-order valence-electron chi connectivity index (χ3n) is 2.79. The molecule has 0 atom stereocenters. The van der Waals surface area contributed by atoms with Crippen LogP contribution in [0, 0.1) is 0 Å². The molecule has 0 spiro atoms. The summed E-state index contributed by atoms with van der Waals surface area (Å²) in [4.78, 5) is 11.4. The van der Waals surface area contributed by atoms with E-state index in [-0.39, 0.29) is 6.03 Å². The number of carbonyl (C=O) groups is 1. The van der Waals surface area contributed by atoms with Crippen molar-refractivity contribution in [1.29, 1.82) is 0 Å².